The molecule has 121 valence electrons. The van der Waals surface area contributed by atoms with E-state index in [0.717, 1.165) is 19.3 Å². The summed E-state index contributed by atoms with van der Waals surface area (Å²) in [4.78, 5) is 0. The number of halogens is 5. The smallest absolute Gasteiger partial charge is 0.241 e. The minimum absolute atomic E-state index is 0.236. The Balaban J connectivity index is 3.40. The van der Waals surface area contributed by atoms with Crippen LogP contribution in [0.4, 0.5) is 22.0 Å². The van der Waals surface area contributed by atoms with Crippen molar-refractivity contribution in [2.75, 3.05) is 0 Å². The molecule has 1 radical (unpaired) electrons. The second-order valence-corrected chi connectivity index (χ2v) is 5.32. The molecule has 0 aromatic carbocycles. The van der Waals surface area contributed by atoms with Gasteiger partial charge < -0.3 is 0 Å². The van der Waals surface area contributed by atoms with Crippen molar-refractivity contribution in [3.05, 3.63) is 6.43 Å². The van der Waals surface area contributed by atoms with E-state index in [9.17, 15) is 22.0 Å². The molecule has 0 rings (SSSR count). The summed E-state index contributed by atoms with van der Waals surface area (Å²) in [6.07, 6.45) is 3.55. The highest BCUT2D eigenvalue weighted by molar-refractivity contribution is 4.90. The van der Waals surface area contributed by atoms with Crippen LogP contribution in [0.5, 0.6) is 0 Å². The molecule has 0 aliphatic rings. The molecule has 0 spiro atoms. The fourth-order valence-corrected chi connectivity index (χ4v) is 2.11. The largest absolute Gasteiger partial charge is 0.381 e. The second-order valence-electron chi connectivity index (χ2n) is 5.32. The van der Waals surface area contributed by atoms with Gasteiger partial charge in [-0.2, -0.15) is 17.6 Å². The first-order chi connectivity index (χ1) is 9.42. The van der Waals surface area contributed by atoms with Crippen molar-refractivity contribution >= 4 is 0 Å². The number of unbranched alkanes of at least 4 members (excludes halogenated alkanes) is 9. The minimum Gasteiger partial charge on any atom is -0.241 e. The van der Waals surface area contributed by atoms with Crippen molar-refractivity contribution in [1.82, 2.24) is 0 Å². The van der Waals surface area contributed by atoms with Crippen LogP contribution < -0.4 is 0 Å². The summed E-state index contributed by atoms with van der Waals surface area (Å²) in [6, 6.07) is 0. The average molecular weight is 301 g/mol. The van der Waals surface area contributed by atoms with Gasteiger partial charge >= 0.3 is 12.3 Å². The van der Waals surface area contributed by atoms with Crippen LogP contribution in [-0.4, -0.2) is 12.1 Å². The van der Waals surface area contributed by atoms with E-state index in [0.29, 0.717) is 6.42 Å². The lowest BCUT2D eigenvalue weighted by atomic mass is 10.0. The average Bonchev–Trinajstić information content (AvgIpc) is 2.40. The predicted octanol–water partition coefficient (Wildman–Crippen LogP) is 6.70. The molecule has 0 N–H and O–H groups in total. The van der Waals surface area contributed by atoms with E-state index in [4.69, 9.17) is 0 Å². The van der Waals surface area contributed by atoms with Crippen LogP contribution in [0.25, 0.3) is 0 Å². The SMILES string of the molecule is CCCCCCCCCCCCC(F)C(F)(F)[C](F)F. The van der Waals surface area contributed by atoms with Gasteiger partial charge in [-0.25, -0.2) is 4.39 Å². The summed E-state index contributed by atoms with van der Waals surface area (Å²) >= 11 is 0. The zero-order valence-corrected chi connectivity index (χ0v) is 12.2. The molecule has 0 aliphatic carbocycles. The van der Waals surface area contributed by atoms with Gasteiger partial charge in [0.1, 0.15) is 0 Å². The Bertz CT molecular complexity index is 218. The molecular weight excluding hydrogens is 275 g/mol. The van der Waals surface area contributed by atoms with Crippen LogP contribution in [0.1, 0.15) is 77.6 Å². The van der Waals surface area contributed by atoms with Gasteiger partial charge in [0.25, 0.3) is 0 Å². The molecule has 0 aromatic rings. The maximum atomic E-state index is 12.9. The second kappa shape index (κ2) is 11.3. The molecule has 0 nitrogen and oxygen atoms in total. The fourth-order valence-electron chi connectivity index (χ4n) is 2.11. The monoisotopic (exact) mass is 301 g/mol. The third-order valence-corrected chi connectivity index (χ3v) is 3.46. The predicted molar refractivity (Wildman–Crippen MR) is 71.8 cm³/mol. The highest BCUT2D eigenvalue weighted by Gasteiger charge is 2.50. The Labute approximate surface area is 119 Å². The van der Waals surface area contributed by atoms with Crippen molar-refractivity contribution in [3.63, 3.8) is 0 Å². The maximum absolute atomic E-state index is 12.9. The van der Waals surface area contributed by atoms with Gasteiger partial charge in [0.2, 0.25) is 0 Å². The molecule has 0 fully saturated rings. The van der Waals surface area contributed by atoms with Crippen molar-refractivity contribution in [1.29, 1.82) is 0 Å². The molecule has 1 atom stereocenters. The van der Waals surface area contributed by atoms with E-state index in [-0.39, 0.29) is 6.42 Å². The van der Waals surface area contributed by atoms with E-state index in [1.165, 1.54) is 32.1 Å². The molecule has 0 heterocycles. The Kier molecular flexibility index (Phi) is 11.1. The zero-order chi connectivity index (χ0) is 15.4. The Morgan fingerprint density at radius 2 is 1.20 bits per heavy atom. The van der Waals surface area contributed by atoms with Gasteiger partial charge in [0.05, 0.1) is 0 Å². The molecule has 1 unspecified atom stereocenters. The number of alkyl halides is 3. The molecule has 5 heteroatoms. The van der Waals surface area contributed by atoms with E-state index >= 15 is 0 Å². The van der Waals surface area contributed by atoms with Crippen LogP contribution >= 0.6 is 0 Å². The van der Waals surface area contributed by atoms with Crippen molar-refractivity contribution < 1.29 is 22.0 Å². The fraction of sp³-hybridized carbons (Fsp3) is 0.933. The highest BCUT2D eigenvalue weighted by atomic mass is 19.3. The molecule has 20 heavy (non-hydrogen) atoms. The van der Waals surface area contributed by atoms with Gasteiger partial charge in [-0.05, 0) is 6.42 Å². The quantitative estimate of drug-likeness (QED) is 0.262. The van der Waals surface area contributed by atoms with Crippen LogP contribution in [0.3, 0.4) is 0 Å². The van der Waals surface area contributed by atoms with E-state index in [1.54, 1.807) is 0 Å². The molecule has 0 aliphatic heterocycles. The van der Waals surface area contributed by atoms with Gasteiger partial charge in [-0.1, -0.05) is 71.1 Å². The van der Waals surface area contributed by atoms with Crippen LogP contribution in [-0.2, 0) is 0 Å². The summed E-state index contributed by atoms with van der Waals surface area (Å²) in [5, 5.41) is 0. The first kappa shape index (κ1) is 19.7. The summed E-state index contributed by atoms with van der Waals surface area (Å²) in [7, 11) is 0. The number of hydrogen-bond acceptors (Lipinski definition) is 0. The minimum atomic E-state index is -4.58. The van der Waals surface area contributed by atoms with Gasteiger partial charge in [-0.15, -0.1) is 0 Å². The summed E-state index contributed by atoms with van der Waals surface area (Å²) in [6.45, 7) is 2.16. The lowest BCUT2D eigenvalue weighted by Crippen LogP contribution is -2.33. The Hall–Kier alpha value is -0.350. The van der Waals surface area contributed by atoms with E-state index in [2.05, 4.69) is 6.92 Å². The summed E-state index contributed by atoms with van der Waals surface area (Å²) in [5.41, 5.74) is 0. The van der Waals surface area contributed by atoms with Crippen LogP contribution in [0, 0.1) is 6.43 Å². The third-order valence-electron chi connectivity index (χ3n) is 3.46. The van der Waals surface area contributed by atoms with Crippen LogP contribution in [0.2, 0.25) is 0 Å². The normalized spacial score (nSPS) is 13.9. The first-order valence-electron chi connectivity index (χ1n) is 7.63. The standard InChI is InChI=1S/C15H26F5/c1-2-3-4-5-6-7-8-9-10-11-12-13(16)15(19,20)14(17)18/h13H,2-12H2,1H3. The topological polar surface area (TPSA) is 0 Å². The van der Waals surface area contributed by atoms with Crippen LogP contribution in [0.15, 0.2) is 0 Å². The van der Waals surface area contributed by atoms with E-state index in [1.807, 2.05) is 0 Å². The Morgan fingerprint density at radius 3 is 1.60 bits per heavy atom. The molecular formula is C15H26F5. The highest BCUT2D eigenvalue weighted by Crippen LogP contribution is 2.36. The lowest BCUT2D eigenvalue weighted by molar-refractivity contribution is -0.116. The maximum Gasteiger partial charge on any atom is 0.381 e. The van der Waals surface area contributed by atoms with E-state index < -0.39 is 24.9 Å². The summed E-state index contributed by atoms with van der Waals surface area (Å²) in [5.74, 6) is -4.58. The van der Waals surface area contributed by atoms with Gasteiger partial charge in [0, 0.05) is 0 Å². The lowest BCUT2D eigenvalue weighted by Gasteiger charge is -2.18. The van der Waals surface area contributed by atoms with Crippen molar-refractivity contribution in [3.8, 4) is 0 Å². The molecule has 0 bridgehead atoms. The Morgan fingerprint density at radius 1 is 0.800 bits per heavy atom. The third kappa shape index (κ3) is 8.75. The van der Waals surface area contributed by atoms with Crippen molar-refractivity contribution in [2.24, 2.45) is 0 Å². The molecule has 0 saturated carbocycles. The van der Waals surface area contributed by atoms with Crippen molar-refractivity contribution in [2.45, 2.75) is 89.6 Å². The first-order valence-corrected chi connectivity index (χ1v) is 7.63. The molecule has 0 aromatic heterocycles. The molecule has 0 amide bonds. The molecule has 0 saturated heterocycles. The number of rotatable bonds is 13. The summed E-state index contributed by atoms with van der Waals surface area (Å²) < 4.78 is 61.6. The van der Waals surface area contributed by atoms with Gasteiger partial charge in [0.15, 0.2) is 6.17 Å². The number of hydrogen-bond donors (Lipinski definition) is 0. The van der Waals surface area contributed by atoms with Gasteiger partial charge in [-0.3, -0.25) is 0 Å². The zero-order valence-electron chi connectivity index (χ0n) is 12.2.